The molecule has 112 valence electrons. The fourth-order valence-corrected chi connectivity index (χ4v) is 3.77. The number of thioether (sulfide) groups is 1. The maximum Gasteiger partial charge on any atom is 0.126 e. The van der Waals surface area contributed by atoms with E-state index in [1.807, 2.05) is 23.9 Å². The molecule has 3 nitrogen and oxygen atoms in total. The Kier molecular flexibility index (Phi) is 4.86. The average Bonchev–Trinajstić information content (AvgIpc) is 2.58. The summed E-state index contributed by atoms with van der Waals surface area (Å²) in [6, 6.07) is 6.01. The van der Waals surface area contributed by atoms with E-state index in [4.69, 9.17) is 4.74 Å². The zero-order valence-electron chi connectivity index (χ0n) is 12.8. The fourth-order valence-electron chi connectivity index (χ4n) is 2.67. The Morgan fingerprint density at radius 2 is 2.10 bits per heavy atom. The molecule has 0 saturated carbocycles. The second-order valence-corrected chi connectivity index (χ2v) is 7.72. The van der Waals surface area contributed by atoms with Crippen molar-refractivity contribution in [2.45, 2.75) is 38.0 Å². The van der Waals surface area contributed by atoms with Crippen molar-refractivity contribution in [1.29, 1.82) is 0 Å². The summed E-state index contributed by atoms with van der Waals surface area (Å²) in [6.45, 7) is 8.45. The summed E-state index contributed by atoms with van der Waals surface area (Å²) in [5.74, 6) is 1.89. The minimum atomic E-state index is -0.523. The lowest BCUT2D eigenvalue weighted by Gasteiger charge is -2.28. The zero-order chi connectivity index (χ0) is 14.8. The first-order valence-corrected chi connectivity index (χ1v) is 8.17. The van der Waals surface area contributed by atoms with Crippen LogP contribution in [0.1, 0.15) is 38.9 Å². The summed E-state index contributed by atoms with van der Waals surface area (Å²) in [5, 5.41) is 10.1. The number of aliphatic hydroxyl groups is 1. The molecule has 1 heterocycles. The molecule has 1 aliphatic heterocycles. The molecule has 0 aromatic heterocycles. The number of ether oxygens (including phenoxy) is 1. The molecule has 2 rings (SSSR count). The van der Waals surface area contributed by atoms with Crippen LogP contribution in [-0.2, 0) is 0 Å². The number of aliphatic hydroxyl groups excluding tert-OH is 1. The Morgan fingerprint density at radius 1 is 1.35 bits per heavy atom. The summed E-state index contributed by atoms with van der Waals surface area (Å²) in [4.78, 5) is 2.38. The van der Waals surface area contributed by atoms with Crippen LogP contribution in [0.2, 0.25) is 0 Å². The van der Waals surface area contributed by atoms with Crippen molar-refractivity contribution in [2.24, 2.45) is 0 Å². The predicted octanol–water partition coefficient (Wildman–Crippen LogP) is 3.47. The highest BCUT2D eigenvalue weighted by atomic mass is 32.2. The second kappa shape index (κ2) is 6.27. The Labute approximate surface area is 126 Å². The maximum atomic E-state index is 10.1. The van der Waals surface area contributed by atoms with Crippen LogP contribution in [0, 0.1) is 0 Å². The van der Waals surface area contributed by atoms with E-state index < -0.39 is 6.10 Å². The van der Waals surface area contributed by atoms with Crippen LogP contribution in [0.15, 0.2) is 18.2 Å². The maximum absolute atomic E-state index is 10.1. The second-order valence-electron chi connectivity index (χ2n) is 5.91. The van der Waals surface area contributed by atoms with Crippen molar-refractivity contribution < 1.29 is 9.84 Å². The molecule has 0 bridgehead atoms. The summed E-state index contributed by atoms with van der Waals surface area (Å²) in [5.41, 5.74) is 2.01. The van der Waals surface area contributed by atoms with Crippen LogP contribution in [0.5, 0.6) is 5.75 Å². The molecule has 0 aliphatic carbocycles. The van der Waals surface area contributed by atoms with Crippen LogP contribution in [0.25, 0.3) is 0 Å². The molecule has 4 heteroatoms. The minimum absolute atomic E-state index is 0.332. The van der Waals surface area contributed by atoms with Crippen LogP contribution in [0.4, 0.5) is 5.69 Å². The molecule has 1 aromatic rings. The Balaban J connectivity index is 2.32. The summed E-state index contributed by atoms with van der Waals surface area (Å²) < 4.78 is 5.75. The Bertz CT molecular complexity index is 460. The molecule has 0 spiro atoms. The molecule has 1 aliphatic rings. The number of anilines is 1. The normalized spacial score (nSPS) is 20.4. The van der Waals surface area contributed by atoms with Gasteiger partial charge in [-0.3, -0.25) is 0 Å². The van der Waals surface area contributed by atoms with Gasteiger partial charge in [-0.2, -0.15) is 11.8 Å². The van der Waals surface area contributed by atoms with Gasteiger partial charge in [0.15, 0.2) is 0 Å². The van der Waals surface area contributed by atoms with E-state index in [2.05, 4.69) is 24.8 Å². The summed E-state index contributed by atoms with van der Waals surface area (Å²) in [7, 11) is 1.66. The van der Waals surface area contributed by atoms with E-state index in [-0.39, 0.29) is 0 Å². The molecule has 0 radical (unpaired) electrons. The van der Waals surface area contributed by atoms with Gasteiger partial charge in [0.05, 0.1) is 13.2 Å². The van der Waals surface area contributed by atoms with E-state index in [0.717, 1.165) is 42.3 Å². The number of hydrogen-bond donors (Lipinski definition) is 1. The Morgan fingerprint density at radius 3 is 2.75 bits per heavy atom. The smallest absolute Gasteiger partial charge is 0.126 e. The number of nitrogens with zero attached hydrogens (tertiary/aromatic N) is 1. The summed E-state index contributed by atoms with van der Waals surface area (Å²) in [6.07, 6.45) is 0.624. The third-order valence-electron chi connectivity index (χ3n) is 3.86. The monoisotopic (exact) mass is 295 g/mol. The highest BCUT2D eigenvalue weighted by molar-refractivity contribution is 8.00. The molecule has 1 saturated heterocycles. The van der Waals surface area contributed by atoms with Crippen molar-refractivity contribution in [1.82, 2.24) is 0 Å². The van der Waals surface area contributed by atoms with Gasteiger partial charge in [-0.05, 0) is 25.5 Å². The number of hydrogen-bond acceptors (Lipinski definition) is 4. The molecule has 1 N–H and O–H groups in total. The van der Waals surface area contributed by atoms with Crippen molar-refractivity contribution in [3.05, 3.63) is 23.8 Å². The van der Waals surface area contributed by atoms with Crippen molar-refractivity contribution >= 4 is 17.4 Å². The molecule has 20 heavy (non-hydrogen) atoms. The van der Waals surface area contributed by atoms with Crippen molar-refractivity contribution in [3.63, 3.8) is 0 Å². The molecule has 1 aromatic carbocycles. The molecule has 1 unspecified atom stereocenters. The number of rotatable bonds is 3. The van der Waals surface area contributed by atoms with Gasteiger partial charge >= 0.3 is 0 Å². The van der Waals surface area contributed by atoms with Gasteiger partial charge in [0.1, 0.15) is 5.75 Å². The van der Waals surface area contributed by atoms with Crippen molar-refractivity contribution in [3.8, 4) is 5.75 Å². The fraction of sp³-hybridized carbons (Fsp3) is 0.625. The van der Waals surface area contributed by atoms with E-state index in [9.17, 15) is 5.11 Å². The van der Waals surface area contributed by atoms with E-state index in [1.165, 1.54) is 0 Å². The third kappa shape index (κ3) is 3.41. The lowest BCUT2D eigenvalue weighted by molar-refractivity contribution is 0.194. The zero-order valence-corrected chi connectivity index (χ0v) is 13.7. The van der Waals surface area contributed by atoms with E-state index >= 15 is 0 Å². The Hall–Kier alpha value is -0.870. The van der Waals surface area contributed by atoms with Gasteiger partial charge in [0.2, 0.25) is 0 Å². The van der Waals surface area contributed by atoms with Gasteiger partial charge in [-0.25, -0.2) is 0 Å². The van der Waals surface area contributed by atoms with Crippen LogP contribution >= 0.6 is 11.8 Å². The first-order chi connectivity index (χ1) is 9.44. The van der Waals surface area contributed by atoms with Gasteiger partial charge in [-0.1, -0.05) is 19.9 Å². The van der Waals surface area contributed by atoms with Crippen LogP contribution in [-0.4, -0.2) is 35.8 Å². The van der Waals surface area contributed by atoms with E-state index in [0.29, 0.717) is 4.75 Å². The SMILES string of the molecule is COc1cccc(N2CCSC(C)(C)CC2)c1C(C)O. The lowest BCUT2D eigenvalue weighted by Crippen LogP contribution is -2.28. The van der Waals surface area contributed by atoms with Gasteiger partial charge in [-0.15, -0.1) is 0 Å². The van der Waals surface area contributed by atoms with Gasteiger partial charge in [0.25, 0.3) is 0 Å². The summed E-state index contributed by atoms with van der Waals surface area (Å²) >= 11 is 2.03. The minimum Gasteiger partial charge on any atom is -0.496 e. The third-order valence-corrected chi connectivity index (χ3v) is 5.23. The topological polar surface area (TPSA) is 32.7 Å². The standard InChI is InChI=1S/C16H25NO2S/c1-12(18)15-13(6-5-7-14(15)19-4)17-9-8-16(2,3)20-11-10-17/h5-7,12,18H,8-11H2,1-4H3. The highest BCUT2D eigenvalue weighted by Gasteiger charge is 2.26. The molecular formula is C16H25NO2S. The average molecular weight is 295 g/mol. The first-order valence-electron chi connectivity index (χ1n) is 7.18. The van der Waals surface area contributed by atoms with Gasteiger partial charge in [0, 0.05) is 34.8 Å². The molecule has 1 atom stereocenters. The number of benzene rings is 1. The largest absolute Gasteiger partial charge is 0.496 e. The predicted molar refractivity (Wildman–Crippen MR) is 87.0 cm³/mol. The highest BCUT2D eigenvalue weighted by Crippen LogP contribution is 2.37. The van der Waals surface area contributed by atoms with Crippen LogP contribution < -0.4 is 9.64 Å². The molecular weight excluding hydrogens is 270 g/mol. The lowest BCUT2D eigenvalue weighted by atomic mass is 10.0. The first kappa shape index (κ1) is 15.5. The van der Waals surface area contributed by atoms with Crippen LogP contribution in [0.3, 0.4) is 0 Å². The molecule has 1 fully saturated rings. The van der Waals surface area contributed by atoms with Gasteiger partial charge < -0.3 is 14.7 Å². The molecule has 0 amide bonds. The van der Waals surface area contributed by atoms with Crippen molar-refractivity contribution in [2.75, 3.05) is 30.9 Å². The van der Waals surface area contributed by atoms with E-state index in [1.54, 1.807) is 14.0 Å². The number of methoxy groups -OCH3 is 1. The quantitative estimate of drug-likeness (QED) is 0.925.